The number of unbranched alkanes of at least 4 members (excludes halogenated alkanes) is 6. The van der Waals surface area contributed by atoms with Crippen molar-refractivity contribution in [1.29, 1.82) is 0 Å². The van der Waals surface area contributed by atoms with Gasteiger partial charge in [-0.05, 0) is 37.1 Å². The molecule has 0 heterocycles. The third-order valence-corrected chi connectivity index (χ3v) is 5.41. The summed E-state index contributed by atoms with van der Waals surface area (Å²) >= 11 is 0. The molecule has 2 aromatic carbocycles. The van der Waals surface area contributed by atoms with Crippen molar-refractivity contribution >= 4 is 5.69 Å². The SMILES string of the molecule is CC.CCCCCC[N-]CCCCCC.Cc1ccc(-c2ccc(N)c(C(C)OO)c2)cc1.[W]. The van der Waals surface area contributed by atoms with E-state index >= 15 is 0 Å². The van der Waals surface area contributed by atoms with Crippen LogP contribution in [-0.4, -0.2) is 18.3 Å². The van der Waals surface area contributed by atoms with Crippen LogP contribution in [0.3, 0.4) is 0 Å². The van der Waals surface area contributed by atoms with Gasteiger partial charge in [0.2, 0.25) is 0 Å². The zero-order chi connectivity index (χ0) is 24.9. The Bertz CT molecular complexity index is 698. The van der Waals surface area contributed by atoms with Crippen LogP contribution in [0.2, 0.25) is 0 Å². The second kappa shape index (κ2) is 23.5. The fourth-order valence-electron chi connectivity index (χ4n) is 3.32. The number of nitrogens with zero attached hydrogens (tertiary/aromatic N) is 1. The molecule has 4 nitrogen and oxygen atoms in total. The van der Waals surface area contributed by atoms with Gasteiger partial charge in [0.25, 0.3) is 0 Å². The molecule has 0 aromatic heterocycles. The van der Waals surface area contributed by atoms with Crippen LogP contribution in [0.15, 0.2) is 42.5 Å². The van der Waals surface area contributed by atoms with Crippen molar-refractivity contribution in [2.45, 2.75) is 99.0 Å². The van der Waals surface area contributed by atoms with Gasteiger partial charge in [-0.3, -0.25) is 5.26 Å². The van der Waals surface area contributed by atoms with Crippen LogP contribution in [-0.2, 0) is 26.0 Å². The van der Waals surface area contributed by atoms with Crippen LogP contribution < -0.4 is 5.73 Å². The van der Waals surface area contributed by atoms with Gasteiger partial charge < -0.3 is 11.1 Å². The molecule has 0 saturated heterocycles. The maximum atomic E-state index is 8.75. The number of rotatable bonds is 13. The summed E-state index contributed by atoms with van der Waals surface area (Å²) in [5.41, 5.74) is 10.7. The van der Waals surface area contributed by atoms with Crippen molar-refractivity contribution in [3.63, 3.8) is 0 Å². The van der Waals surface area contributed by atoms with Gasteiger partial charge in [0.1, 0.15) is 6.10 Å². The number of anilines is 1. The average molecular weight is 642 g/mol. The van der Waals surface area contributed by atoms with Crippen LogP contribution in [0.5, 0.6) is 0 Å². The van der Waals surface area contributed by atoms with E-state index in [1.54, 1.807) is 6.92 Å². The van der Waals surface area contributed by atoms with Crippen LogP contribution in [0.4, 0.5) is 5.69 Å². The molecule has 0 spiro atoms. The van der Waals surface area contributed by atoms with Crippen LogP contribution in [0, 0.1) is 6.92 Å². The summed E-state index contributed by atoms with van der Waals surface area (Å²) < 4.78 is 0. The summed E-state index contributed by atoms with van der Waals surface area (Å²) in [4.78, 5) is 4.35. The summed E-state index contributed by atoms with van der Waals surface area (Å²) in [5.74, 6) is 0. The van der Waals surface area contributed by atoms with Gasteiger partial charge in [-0.15, -0.1) is 13.1 Å². The molecule has 0 saturated carbocycles. The Morgan fingerprint density at radius 1 is 0.824 bits per heavy atom. The summed E-state index contributed by atoms with van der Waals surface area (Å²) in [6.07, 6.45) is 10.3. The minimum absolute atomic E-state index is 0. The molecule has 0 amide bonds. The second-order valence-electron chi connectivity index (χ2n) is 8.25. The molecular formula is C29H49N2O2W-. The zero-order valence-corrected chi connectivity index (χ0v) is 25.4. The summed E-state index contributed by atoms with van der Waals surface area (Å²) in [7, 11) is 0. The van der Waals surface area contributed by atoms with E-state index in [-0.39, 0.29) is 21.1 Å². The van der Waals surface area contributed by atoms with Gasteiger partial charge in [0, 0.05) is 32.3 Å². The third-order valence-electron chi connectivity index (χ3n) is 5.41. The van der Waals surface area contributed by atoms with E-state index in [2.05, 4.69) is 55.2 Å². The molecule has 1 atom stereocenters. The smallest absolute Gasteiger partial charge is 0.117 e. The maximum Gasteiger partial charge on any atom is 0.117 e. The Balaban J connectivity index is 0. The normalized spacial score (nSPS) is 10.8. The first-order valence-electron chi connectivity index (χ1n) is 12.9. The Hall–Kier alpha value is -1.19. The molecule has 0 aliphatic rings. The molecule has 0 aliphatic heterocycles. The Kier molecular flexibility index (Phi) is 24.2. The van der Waals surface area contributed by atoms with E-state index in [0.717, 1.165) is 29.8 Å². The molecule has 0 radical (unpaired) electrons. The summed E-state index contributed by atoms with van der Waals surface area (Å²) in [5, 5.41) is 13.3. The fraction of sp³-hybridized carbons (Fsp3) is 0.586. The number of hydrogen-bond donors (Lipinski definition) is 2. The third kappa shape index (κ3) is 15.7. The van der Waals surface area contributed by atoms with Gasteiger partial charge >= 0.3 is 0 Å². The Labute approximate surface area is 224 Å². The van der Waals surface area contributed by atoms with Crippen molar-refractivity contribution in [2.75, 3.05) is 18.8 Å². The Morgan fingerprint density at radius 2 is 1.32 bits per heavy atom. The standard InChI is InChI=1S/C15H17NO2.C12H26N.C2H6.W/c1-10-3-5-12(6-4-10)13-7-8-15(16)14(9-13)11(2)18-17;1-3-5-7-9-11-13-12-10-8-6-4-2;1-2;/h3-9,11,17H,16H2,1-2H3;3-12H2,1-2H3;1-2H3;/q;-1;;. The van der Waals surface area contributed by atoms with E-state index in [1.165, 1.54) is 56.9 Å². The molecule has 0 bridgehead atoms. The van der Waals surface area contributed by atoms with Gasteiger partial charge in [0.05, 0.1) is 0 Å². The van der Waals surface area contributed by atoms with Gasteiger partial charge in [-0.25, -0.2) is 4.89 Å². The number of hydrogen-bond acceptors (Lipinski definition) is 3. The van der Waals surface area contributed by atoms with Crippen molar-refractivity contribution < 1.29 is 31.2 Å². The zero-order valence-electron chi connectivity index (χ0n) is 22.5. The van der Waals surface area contributed by atoms with E-state index in [9.17, 15) is 0 Å². The maximum absolute atomic E-state index is 8.75. The molecule has 2 rings (SSSR count). The molecule has 0 fully saturated rings. The van der Waals surface area contributed by atoms with Gasteiger partial charge in [-0.2, -0.15) is 0 Å². The topological polar surface area (TPSA) is 69.6 Å². The monoisotopic (exact) mass is 641 g/mol. The number of aryl methyl sites for hydroxylation is 1. The van der Waals surface area contributed by atoms with Crippen molar-refractivity contribution in [2.24, 2.45) is 0 Å². The quantitative estimate of drug-likeness (QED) is 0.0992. The first-order valence-corrected chi connectivity index (χ1v) is 12.9. The van der Waals surface area contributed by atoms with Crippen LogP contribution in [0.25, 0.3) is 16.4 Å². The van der Waals surface area contributed by atoms with E-state index in [1.807, 2.05) is 32.0 Å². The first kappa shape index (κ1) is 35.0. The molecular weight excluding hydrogens is 592 g/mol. The molecule has 194 valence electrons. The second-order valence-corrected chi connectivity index (χ2v) is 8.25. The van der Waals surface area contributed by atoms with Crippen LogP contribution >= 0.6 is 0 Å². The molecule has 34 heavy (non-hydrogen) atoms. The van der Waals surface area contributed by atoms with Crippen molar-refractivity contribution in [1.82, 2.24) is 0 Å². The number of benzene rings is 2. The summed E-state index contributed by atoms with van der Waals surface area (Å²) in [6, 6.07) is 14.0. The molecule has 0 aliphatic carbocycles. The van der Waals surface area contributed by atoms with Gasteiger partial charge in [0.15, 0.2) is 0 Å². The molecule has 3 N–H and O–H groups in total. The number of nitrogens with two attached hydrogens (primary N) is 1. The predicted molar refractivity (Wildman–Crippen MR) is 146 cm³/mol. The predicted octanol–water partition coefficient (Wildman–Crippen LogP) is 9.34. The van der Waals surface area contributed by atoms with Crippen molar-refractivity contribution in [3.8, 4) is 11.1 Å². The molecule has 5 heteroatoms. The largest absolute Gasteiger partial charge is 0.662 e. The minimum atomic E-state index is -0.435. The molecule has 1 unspecified atom stereocenters. The fourth-order valence-corrected chi connectivity index (χ4v) is 3.32. The first-order chi connectivity index (χ1) is 16.0. The summed E-state index contributed by atoms with van der Waals surface area (Å²) in [6.45, 7) is 14.5. The van der Waals surface area contributed by atoms with Crippen molar-refractivity contribution in [3.05, 3.63) is 58.9 Å². The minimum Gasteiger partial charge on any atom is -0.662 e. The van der Waals surface area contributed by atoms with Crippen LogP contribution in [0.1, 0.15) is 103 Å². The van der Waals surface area contributed by atoms with E-state index in [4.69, 9.17) is 11.0 Å². The number of nitrogen functional groups attached to an aromatic ring is 1. The Morgan fingerprint density at radius 3 is 1.79 bits per heavy atom. The van der Waals surface area contributed by atoms with Gasteiger partial charge in [-0.1, -0.05) is 115 Å². The van der Waals surface area contributed by atoms with E-state index < -0.39 is 6.10 Å². The molecule has 2 aromatic rings. The van der Waals surface area contributed by atoms with E-state index in [0.29, 0.717) is 5.69 Å². The average Bonchev–Trinajstić information content (AvgIpc) is 2.85.